The van der Waals surface area contributed by atoms with Gasteiger partial charge in [-0.25, -0.2) is 4.98 Å². The van der Waals surface area contributed by atoms with E-state index in [4.69, 9.17) is 10.5 Å². The highest BCUT2D eigenvalue weighted by Gasteiger charge is 2.03. The summed E-state index contributed by atoms with van der Waals surface area (Å²) in [5.41, 5.74) is 7.42. The predicted octanol–water partition coefficient (Wildman–Crippen LogP) is 3.41. The molecule has 0 bridgehead atoms. The second-order valence-electron chi connectivity index (χ2n) is 3.89. The Morgan fingerprint density at radius 2 is 2.00 bits per heavy atom. The van der Waals surface area contributed by atoms with Crippen molar-refractivity contribution in [2.45, 2.75) is 19.8 Å². The van der Waals surface area contributed by atoms with Gasteiger partial charge in [0, 0.05) is 6.07 Å². The second kappa shape index (κ2) is 5.34. The number of aromatic nitrogens is 1. The molecule has 0 aliphatic heterocycles. The van der Waals surface area contributed by atoms with Crippen LogP contribution >= 0.6 is 0 Å². The average molecular weight is 228 g/mol. The zero-order valence-electron chi connectivity index (χ0n) is 9.89. The van der Waals surface area contributed by atoms with Gasteiger partial charge in [-0.15, -0.1) is 0 Å². The number of anilines is 1. The molecule has 1 heterocycles. The molecule has 0 amide bonds. The van der Waals surface area contributed by atoms with E-state index >= 15 is 0 Å². The number of nitrogen functional groups attached to an aromatic ring is 1. The Morgan fingerprint density at radius 1 is 1.18 bits per heavy atom. The van der Waals surface area contributed by atoms with Crippen LogP contribution in [0.25, 0.3) is 0 Å². The van der Waals surface area contributed by atoms with E-state index in [2.05, 4.69) is 18.0 Å². The van der Waals surface area contributed by atoms with E-state index in [1.807, 2.05) is 18.2 Å². The van der Waals surface area contributed by atoms with E-state index in [0.29, 0.717) is 11.6 Å². The van der Waals surface area contributed by atoms with E-state index in [1.165, 1.54) is 5.56 Å². The Kier molecular flexibility index (Phi) is 3.60. The molecule has 0 aliphatic carbocycles. The van der Waals surface area contributed by atoms with Gasteiger partial charge in [0.1, 0.15) is 5.75 Å². The van der Waals surface area contributed by atoms with Crippen molar-refractivity contribution in [1.29, 1.82) is 0 Å². The van der Waals surface area contributed by atoms with Crippen LogP contribution in [0.5, 0.6) is 11.6 Å². The van der Waals surface area contributed by atoms with E-state index in [9.17, 15) is 0 Å². The third-order valence-corrected chi connectivity index (χ3v) is 2.47. The first-order valence-electron chi connectivity index (χ1n) is 5.77. The van der Waals surface area contributed by atoms with Crippen molar-refractivity contribution in [1.82, 2.24) is 4.98 Å². The van der Waals surface area contributed by atoms with Crippen molar-refractivity contribution in [3.63, 3.8) is 0 Å². The lowest BCUT2D eigenvalue weighted by Crippen LogP contribution is -1.94. The van der Waals surface area contributed by atoms with Crippen LogP contribution in [0.3, 0.4) is 0 Å². The first-order chi connectivity index (χ1) is 8.29. The van der Waals surface area contributed by atoms with Gasteiger partial charge in [0.15, 0.2) is 0 Å². The third-order valence-electron chi connectivity index (χ3n) is 2.47. The number of nitrogens with two attached hydrogens (primary N) is 1. The summed E-state index contributed by atoms with van der Waals surface area (Å²) in [6.07, 6.45) is 3.69. The highest BCUT2D eigenvalue weighted by Crippen LogP contribution is 2.25. The van der Waals surface area contributed by atoms with Crippen LogP contribution in [0.1, 0.15) is 18.9 Å². The molecule has 17 heavy (non-hydrogen) atoms. The predicted molar refractivity (Wildman–Crippen MR) is 69.2 cm³/mol. The lowest BCUT2D eigenvalue weighted by Gasteiger charge is -2.09. The number of para-hydroxylation sites is 1. The number of pyridine rings is 1. The van der Waals surface area contributed by atoms with Gasteiger partial charge in [-0.1, -0.05) is 31.5 Å². The van der Waals surface area contributed by atoms with Crippen LogP contribution < -0.4 is 10.5 Å². The van der Waals surface area contributed by atoms with E-state index < -0.39 is 0 Å². The fourth-order valence-corrected chi connectivity index (χ4v) is 1.64. The van der Waals surface area contributed by atoms with Gasteiger partial charge in [-0.3, -0.25) is 0 Å². The molecule has 1 aromatic heterocycles. The van der Waals surface area contributed by atoms with Crippen LogP contribution in [-0.2, 0) is 6.42 Å². The fraction of sp³-hybridized carbons (Fsp3) is 0.214. The number of nitrogens with zero attached hydrogens (tertiary/aromatic N) is 1. The standard InChI is InChI=1S/C14H16N2O/c1-2-5-11-6-3-4-7-13(11)17-14-9-8-12(15)10-16-14/h3-4,6-10H,2,5,15H2,1H3. The Morgan fingerprint density at radius 3 is 2.71 bits per heavy atom. The topological polar surface area (TPSA) is 48.1 Å². The molecule has 0 spiro atoms. The largest absolute Gasteiger partial charge is 0.439 e. The summed E-state index contributed by atoms with van der Waals surface area (Å²) in [7, 11) is 0. The van der Waals surface area contributed by atoms with Gasteiger partial charge in [-0.2, -0.15) is 0 Å². The van der Waals surface area contributed by atoms with Gasteiger partial charge in [0.2, 0.25) is 5.88 Å². The smallest absolute Gasteiger partial charge is 0.219 e. The third kappa shape index (κ3) is 2.97. The van der Waals surface area contributed by atoms with E-state index in [1.54, 1.807) is 18.3 Å². The van der Waals surface area contributed by atoms with Crippen molar-refractivity contribution in [3.8, 4) is 11.6 Å². The number of hydrogen-bond donors (Lipinski definition) is 1. The lowest BCUT2D eigenvalue weighted by molar-refractivity contribution is 0.457. The number of rotatable bonds is 4. The molecule has 2 rings (SSSR count). The zero-order chi connectivity index (χ0) is 12.1. The van der Waals surface area contributed by atoms with Crippen LogP contribution in [0.2, 0.25) is 0 Å². The van der Waals surface area contributed by atoms with Crippen molar-refractivity contribution in [3.05, 3.63) is 48.2 Å². The minimum atomic E-state index is 0.572. The fourth-order valence-electron chi connectivity index (χ4n) is 1.64. The summed E-state index contributed by atoms with van der Waals surface area (Å²) in [5.74, 6) is 1.44. The number of hydrogen-bond acceptors (Lipinski definition) is 3. The van der Waals surface area contributed by atoms with Crippen LogP contribution in [0, 0.1) is 0 Å². The Hall–Kier alpha value is -2.03. The summed E-state index contributed by atoms with van der Waals surface area (Å²) >= 11 is 0. The molecule has 3 heteroatoms. The molecule has 0 unspecified atom stereocenters. The van der Waals surface area contributed by atoms with Crippen LogP contribution in [-0.4, -0.2) is 4.98 Å². The van der Waals surface area contributed by atoms with Crippen molar-refractivity contribution in [2.24, 2.45) is 0 Å². The highest BCUT2D eigenvalue weighted by atomic mass is 16.5. The lowest BCUT2D eigenvalue weighted by atomic mass is 10.1. The summed E-state index contributed by atoms with van der Waals surface area (Å²) in [6.45, 7) is 2.15. The van der Waals surface area contributed by atoms with Crippen molar-refractivity contribution < 1.29 is 4.74 Å². The summed E-state index contributed by atoms with van der Waals surface area (Å²) in [6, 6.07) is 11.6. The quantitative estimate of drug-likeness (QED) is 0.872. The second-order valence-corrected chi connectivity index (χ2v) is 3.89. The molecule has 0 atom stereocenters. The minimum Gasteiger partial charge on any atom is -0.439 e. The molecule has 88 valence electrons. The van der Waals surface area contributed by atoms with E-state index in [0.717, 1.165) is 18.6 Å². The first-order valence-corrected chi connectivity index (χ1v) is 5.77. The average Bonchev–Trinajstić information content (AvgIpc) is 2.35. The van der Waals surface area contributed by atoms with Crippen LogP contribution in [0.15, 0.2) is 42.6 Å². The summed E-state index contributed by atoms with van der Waals surface area (Å²) in [5, 5.41) is 0. The number of ether oxygens (including phenoxy) is 1. The molecule has 2 N–H and O–H groups in total. The Balaban J connectivity index is 2.20. The maximum atomic E-state index is 5.75. The van der Waals surface area contributed by atoms with Gasteiger partial charge >= 0.3 is 0 Å². The Labute approximate surface area is 101 Å². The van der Waals surface area contributed by atoms with Crippen LogP contribution in [0.4, 0.5) is 5.69 Å². The minimum absolute atomic E-state index is 0.572. The normalized spacial score (nSPS) is 10.2. The Bertz CT molecular complexity index is 480. The molecular weight excluding hydrogens is 212 g/mol. The number of aryl methyl sites for hydroxylation is 1. The zero-order valence-corrected chi connectivity index (χ0v) is 9.89. The molecule has 2 aromatic rings. The van der Waals surface area contributed by atoms with Crippen molar-refractivity contribution in [2.75, 3.05) is 5.73 Å². The molecule has 0 fully saturated rings. The molecule has 3 nitrogen and oxygen atoms in total. The summed E-state index contributed by atoms with van der Waals surface area (Å²) in [4.78, 5) is 4.13. The summed E-state index contributed by atoms with van der Waals surface area (Å²) < 4.78 is 5.75. The molecular formula is C14H16N2O. The van der Waals surface area contributed by atoms with Gasteiger partial charge in [0.05, 0.1) is 11.9 Å². The highest BCUT2D eigenvalue weighted by molar-refractivity contribution is 5.39. The van der Waals surface area contributed by atoms with Gasteiger partial charge in [-0.05, 0) is 24.1 Å². The SMILES string of the molecule is CCCc1ccccc1Oc1ccc(N)cn1. The maximum Gasteiger partial charge on any atom is 0.219 e. The van der Waals surface area contributed by atoms with Gasteiger partial charge in [0.25, 0.3) is 0 Å². The van der Waals surface area contributed by atoms with Gasteiger partial charge < -0.3 is 10.5 Å². The monoisotopic (exact) mass is 228 g/mol. The molecule has 0 aliphatic rings. The van der Waals surface area contributed by atoms with E-state index in [-0.39, 0.29) is 0 Å². The maximum absolute atomic E-state index is 5.75. The molecule has 0 radical (unpaired) electrons. The molecule has 0 saturated heterocycles. The number of benzene rings is 1. The molecule has 1 aromatic carbocycles. The first kappa shape index (κ1) is 11.5. The van der Waals surface area contributed by atoms with Crippen molar-refractivity contribution >= 4 is 5.69 Å². The molecule has 0 saturated carbocycles.